The van der Waals surface area contributed by atoms with Gasteiger partial charge in [-0.25, -0.2) is 15.0 Å². The first-order chi connectivity index (χ1) is 42.2. The fourth-order valence-corrected chi connectivity index (χ4v) is 12.1. The van der Waals surface area contributed by atoms with E-state index >= 15 is 13.2 Å². The lowest BCUT2D eigenvalue weighted by atomic mass is 9.99. The second-order valence-electron chi connectivity index (χ2n) is 21.4. The van der Waals surface area contributed by atoms with Crippen LogP contribution >= 0.6 is 0 Å². The highest BCUT2D eigenvalue weighted by Crippen LogP contribution is 2.45. The molecule has 3 aromatic heterocycles. The monoisotopic (exact) mass is 1110 g/mol. The maximum Gasteiger partial charge on any atom is 0.416 e. The number of fused-ring (bicyclic) bond motifs is 6. The van der Waals surface area contributed by atoms with E-state index in [0.29, 0.717) is 28.1 Å². The van der Waals surface area contributed by atoms with Crippen LogP contribution < -0.4 is 0 Å². The van der Waals surface area contributed by atoms with Crippen LogP contribution in [0.2, 0.25) is 0 Å². The van der Waals surface area contributed by atoms with Crippen LogP contribution in [0.15, 0.2) is 285 Å². The van der Waals surface area contributed by atoms with E-state index < -0.39 is 11.7 Å². The van der Waals surface area contributed by atoms with Gasteiger partial charge in [0.2, 0.25) is 0 Å². The summed E-state index contributed by atoms with van der Waals surface area (Å²) in [6.07, 6.45) is -4.72. The molecule has 0 amide bonds. The van der Waals surface area contributed by atoms with Crippen LogP contribution in [0.3, 0.4) is 0 Å². The van der Waals surface area contributed by atoms with Gasteiger partial charge in [-0.2, -0.15) is 18.4 Å². The molecule has 0 aliphatic carbocycles. The zero-order valence-electron chi connectivity index (χ0n) is 46.0. The Labute approximate surface area is 493 Å². The van der Waals surface area contributed by atoms with Crippen molar-refractivity contribution in [3.63, 3.8) is 0 Å². The molecular formula is C77H47F3N6. The van der Waals surface area contributed by atoms with Gasteiger partial charge in [-0.1, -0.05) is 194 Å². The molecule has 12 aromatic carbocycles. The van der Waals surface area contributed by atoms with Crippen molar-refractivity contribution in [3.05, 3.63) is 296 Å². The minimum absolute atomic E-state index is 0.0470. The van der Waals surface area contributed by atoms with E-state index in [4.69, 9.17) is 15.0 Å². The van der Waals surface area contributed by atoms with Crippen LogP contribution in [0.5, 0.6) is 0 Å². The Morgan fingerprint density at radius 2 is 0.651 bits per heavy atom. The van der Waals surface area contributed by atoms with Gasteiger partial charge in [0.1, 0.15) is 0 Å². The third-order valence-corrected chi connectivity index (χ3v) is 16.2. The zero-order chi connectivity index (χ0) is 57.9. The first-order valence-corrected chi connectivity index (χ1v) is 28.3. The van der Waals surface area contributed by atoms with Crippen molar-refractivity contribution >= 4 is 43.6 Å². The molecule has 0 bridgehead atoms. The highest BCUT2D eigenvalue weighted by molar-refractivity contribution is 6.13. The van der Waals surface area contributed by atoms with Crippen LogP contribution in [-0.4, -0.2) is 24.1 Å². The summed E-state index contributed by atoms with van der Waals surface area (Å²) in [5, 5.41) is 14.0. The summed E-state index contributed by atoms with van der Waals surface area (Å²) in [7, 11) is 0. The Kier molecular flexibility index (Phi) is 12.6. The lowest BCUT2D eigenvalue weighted by molar-refractivity contribution is -0.137. The highest BCUT2D eigenvalue weighted by Gasteiger charge is 2.33. The molecule has 3 heterocycles. The van der Waals surface area contributed by atoms with E-state index in [2.05, 4.69) is 126 Å². The predicted octanol–water partition coefficient (Wildman–Crippen LogP) is 20.3. The van der Waals surface area contributed by atoms with Gasteiger partial charge < -0.3 is 9.13 Å². The zero-order valence-corrected chi connectivity index (χ0v) is 46.0. The number of rotatable bonds is 10. The maximum absolute atomic E-state index is 15.4. The second-order valence-corrected chi connectivity index (χ2v) is 21.4. The molecule has 9 heteroatoms. The van der Waals surface area contributed by atoms with Crippen LogP contribution in [0.4, 0.5) is 13.2 Å². The van der Waals surface area contributed by atoms with Gasteiger partial charge in [0.15, 0.2) is 17.5 Å². The van der Waals surface area contributed by atoms with Crippen LogP contribution in [0.25, 0.3) is 145 Å². The van der Waals surface area contributed by atoms with E-state index in [1.54, 1.807) is 12.1 Å². The molecule has 86 heavy (non-hydrogen) atoms. The standard InChI is InChI=1S/C77H47F3N6/c78-77(79,80)61-34-40-72(85-68-36-30-56(50-18-6-1-7-19-50)42-63(68)64-43-57(31-37-69(64)85)51-20-8-2-9-21-51)67(47-61)76-83-74(54-26-14-5-15-27-54)82-75(84-76)62-35-29-60(55-28-16-17-49(41-55)48-81)46-73(62)86-70-38-32-58(52-22-10-3-11-23-52)44-65(70)66-45-59(33-39-71(66)86)53-24-12-4-13-25-53/h1-47H. The molecule has 0 aliphatic rings. The van der Waals surface area contributed by atoms with Crippen LogP contribution in [-0.2, 0) is 6.18 Å². The smallest absolute Gasteiger partial charge is 0.309 e. The summed E-state index contributed by atoms with van der Waals surface area (Å²) < 4.78 is 50.5. The molecule has 0 saturated heterocycles. The first kappa shape index (κ1) is 51.4. The molecule has 6 nitrogen and oxygen atoms in total. The molecule has 0 spiro atoms. The predicted molar refractivity (Wildman–Crippen MR) is 342 cm³/mol. The van der Waals surface area contributed by atoms with E-state index in [1.165, 1.54) is 6.07 Å². The summed E-state index contributed by atoms with van der Waals surface area (Å²) in [6.45, 7) is 0. The number of aromatic nitrogens is 5. The van der Waals surface area contributed by atoms with Gasteiger partial charge in [0.25, 0.3) is 0 Å². The van der Waals surface area contributed by atoms with Gasteiger partial charge >= 0.3 is 6.18 Å². The minimum atomic E-state index is -4.72. The Hall–Kier alpha value is -11.5. The molecule has 406 valence electrons. The van der Waals surface area contributed by atoms with Crippen molar-refractivity contribution in [3.8, 4) is 107 Å². The lowest BCUT2D eigenvalue weighted by Crippen LogP contribution is -2.09. The molecule has 0 aliphatic heterocycles. The summed E-state index contributed by atoms with van der Waals surface area (Å²) in [5.74, 6) is 0.560. The van der Waals surface area contributed by atoms with Gasteiger partial charge in [-0.3, -0.25) is 0 Å². The van der Waals surface area contributed by atoms with E-state index in [1.807, 2.05) is 150 Å². The molecule has 0 atom stereocenters. The van der Waals surface area contributed by atoms with E-state index in [9.17, 15) is 5.26 Å². The van der Waals surface area contributed by atoms with Gasteiger partial charge in [0.05, 0.1) is 50.6 Å². The van der Waals surface area contributed by atoms with E-state index in [0.717, 1.165) is 105 Å². The number of nitriles is 1. The normalized spacial score (nSPS) is 11.7. The molecule has 15 rings (SSSR count). The largest absolute Gasteiger partial charge is 0.416 e. The van der Waals surface area contributed by atoms with E-state index in [-0.39, 0.29) is 23.0 Å². The third kappa shape index (κ3) is 9.23. The highest BCUT2D eigenvalue weighted by atomic mass is 19.4. The Bertz CT molecular complexity index is 4950. The molecule has 0 fully saturated rings. The van der Waals surface area contributed by atoms with Crippen LogP contribution in [0, 0.1) is 11.3 Å². The molecule has 0 radical (unpaired) electrons. The third-order valence-electron chi connectivity index (χ3n) is 16.2. The number of nitrogens with zero attached hydrogens (tertiary/aromatic N) is 6. The molecular weight excluding hydrogens is 1070 g/mol. The fourth-order valence-electron chi connectivity index (χ4n) is 12.1. The summed E-state index contributed by atoms with van der Waals surface area (Å²) >= 11 is 0. The number of benzene rings is 12. The quantitative estimate of drug-likeness (QED) is 0.137. The molecule has 0 unspecified atom stereocenters. The van der Waals surface area contributed by atoms with Crippen molar-refractivity contribution < 1.29 is 13.2 Å². The number of halogens is 3. The topological polar surface area (TPSA) is 72.3 Å². The second kappa shape index (κ2) is 21.1. The van der Waals surface area contributed by atoms with Crippen molar-refractivity contribution in [2.45, 2.75) is 6.18 Å². The summed E-state index contributed by atoms with van der Waals surface area (Å²) in [5.41, 5.74) is 15.6. The fraction of sp³-hybridized carbons (Fsp3) is 0.0130. The SMILES string of the molecule is N#Cc1cccc(-c2ccc(-c3nc(-c4ccccc4)nc(-c4cc(C(F)(F)F)ccc4-n4c5ccc(-c6ccccc6)cc5c5cc(-c6ccccc6)ccc54)n3)c(-n3c4ccc(-c5ccccc5)cc4c4cc(-c5ccccc5)ccc43)c2)c1. The molecule has 0 saturated carbocycles. The number of hydrogen-bond acceptors (Lipinski definition) is 4. The Morgan fingerprint density at radius 1 is 0.291 bits per heavy atom. The maximum atomic E-state index is 15.4. The van der Waals surface area contributed by atoms with Crippen molar-refractivity contribution in [2.75, 3.05) is 0 Å². The number of hydrogen-bond donors (Lipinski definition) is 0. The first-order valence-electron chi connectivity index (χ1n) is 28.3. The van der Waals surface area contributed by atoms with Crippen molar-refractivity contribution in [2.24, 2.45) is 0 Å². The van der Waals surface area contributed by atoms with Crippen molar-refractivity contribution in [1.29, 1.82) is 5.26 Å². The Morgan fingerprint density at radius 3 is 1.08 bits per heavy atom. The van der Waals surface area contributed by atoms with Gasteiger partial charge in [-0.15, -0.1) is 0 Å². The van der Waals surface area contributed by atoms with Gasteiger partial charge in [0, 0.05) is 38.2 Å². The van der Waals surface area contributed by atoms with Crippen LogP contribution in [0.1, 0.15) is 11.1 Å². The Balaban J connectivity index is 1.01. The molecule has 15 aromatic rings. The summed E-state index contributed by atoms with van der Waals surface area (Å²) in [6, 6.07) is 95.7. The molecule has 0 N–H and O–H groups in total. The average molecular weight is 1110 g/mol. The summed E-state index contributed by atoms with van der Waals surface area (Å²) in [4.78, 5) is 15.8. The minimum Gasteiger partial charge on any atom is -0.309 e. The average Bonchev–Trinajstić information content (AvgIpc) is 1.81. The lowest BCUT2D eigenvalue weighted by Gasteiger charge is -2.18. The number of alkyl halides is 3. The van der Waals surface area contributed by atoms with Gasteiger partial charge in [-0.05, 0) is 147 Å². The van der Waals surface area contributed by atoms with Crippen molar-refractivity contribution in [1.82, 2.24) is 24.1 Å².